The molecule has 3 aromatic heterocycles. The van der Waals surface area contributed by atoms with Crippen LogP contribution in [-0.2, 0) is 16.1 Å². The van der Waals surface area contributed by atoms with E-state index in [0.29, 0.717) is 9.53 Å². The largest absolute Gasteiger partial charge is 0.505 e. The summed E-state index contributed by atoms with van der Waals surface area (Å²) < 4.78 is 6.31. The van der Waals surface area contributed by atoms with Crippen molar-refractivity contribution in [3.63, 3.8) is 0 Å². The summed E-state index contributed by atoms with van der Waals surface area (Å²) >= 11 is 3.49. The molecule has 0 spiro atoms. The maximum atomic E-state index is 12.8. The molecule has 1 N–H and O–H groups in total. The second kappa shape index (κ2) is 7.24. The number of hydrogen-bond donors (Lipinski definition) is 1. The van der Waals surface area contributed by atoms with Gasteiger partial charge in [0.2, 0.25) is 0 Å². The van der Waals surface area contributed by atoms with E-state index in [1.165, 1.54) is 34.8 Å². The Morgan fingerprint density at radius 2 is 2.15 bits per heavy atom. The van der Waals surface area contributed by atoms with Gasteiger partial charge in [0.1, 0.15) is 17.5 Å². The third-order valence-electron chi connectivity index (χ3n) is 4.12. The predicted molar refractivity (Wildman–Crippen MR) is 106 cm³/mol. The molecule has 0 aromatic carbocycles. The molecule has 1 atom stereocenters. The maximum Gasteiger partial charge on any atom is 0.296 e. The molecule has 1 amide bonds. The number of aliphatic hydroxyl groups is 1. The first kappa shape index (κ1) is 17.9. The number of furan rings is 1. The second-order valence-electron chi connectivity index (χ2n) is 5.74. The molecule has 7 nitrogen and oxygen atoms in total. The van der Waals surface area contributed by atoms with Gasteiger partial charge in [-0.1, -0.05) is 6.07 Å². The van der Waals surface area contributed by atoms with Crippen LogP contribution < -0.4 is 0 Å². The first-order valence-electron chi connectivity index (χ1n) is 7.88. The van der Waals surface area contributed by atoms with E-state index >= 15 is 0 Å². The van der Waals surface area contributed by atoms with Crippen LogP contribution >= 0.6 is 33.9 Å². The Bertz CT molecular complexity index is 1030. The van der Waals surface area contributed by atoms with E-state index in [1.54, 1.807) is 12.1 Å². The zero-order chi connectivity index (χ0) is 19.0. The van der Waals surface area contributed by atoms with Gasteiger partial charge in [-0.05, 0) is 46.2 Å². The molecule has 0 saturated carbocycles. The molecule has 27 heavy (non-hydrogen) atoms. The Labute approximate surface area is 171 Å². The Morgan fingerprint density at radius 3 is 2.78 bits per heavy atom. The molecule has 0 aliphatic carbocycles. The quantitative estimate of drug-likeness (QED) is 0.259. The molecule has 1 aliphatic heterocycles. The number of likely N-dealkylation sites (tertiary alicyclic amines) is 1. The highest BCUT2D eigenvalue weighted by Gasteiger charge is 2.47. The minimum Gasteiger partial charge on any atom is -0.505 e. The number of carbonyl (C=O) groups is 2. The van der Waals surface area contributed by atoms with Crippen LogP contribution in [0.15, 0.2) is 58.2 Å². The highest BCUT2D eigenvalue weighted by molar-refractivity contribution is 14.1. The minimum atomic E-state index is -0.836. The summed E-state index contributed by atoms with van der Waals surface area (Å²) in [4.78, 5) is 35.8. The Hall–Kier alpha value is -2.53. The number of aliphatic hydroxyl groups excluding tert-OH is 1. The van der Waals surface area contributed by atoms with Crippen LogP contribution in [0, 0.1) is 3.77 Å². The molecule has 136 valence electrons. The van der Waals surface area contributed by atoms with Crippen molar-refractivity contribution < 1.29 is 19.1 Å². The van der Waals surface area contributed by atoms with Crippen LogP contribution in [0.2, 0.25) is 0 Å². The van der Waals surface area contributed by atoms with Gasteiger partial charge in [-0.3, -0.25) is 14.6 Å². The van der Waals surface area contributed by atoms with Gasteiger partial charge >= 0.3 is 0 Å². The smallest absolute Gasteiger partial charge is 0.296 e. The lowest BCUT2D eigenvalue weighted by atomic mass is 10.0. The summed E-state index contributed by atoms with van der Waals surface area (Å²) in [6.07, 6.45) is 4.20. The first-order chi connectivity index (χ1) is 13.1. The summed E-state index contributed by atoms with van der Waals surface area (Å²) in [6, 6.07) is 6.36. The van der Waals surface area contributed by atoms with Crippen molar-refractivity contribution >= 4 is 51.4 Å². The number of Topliss-reactive ketones (excluding diaryl/α,β-unsaturated/α-hetero) is 1. The number of ketones is 1. The zero-order valence-electron chi connectivity index (χ0n) is 13.7. The lowest BCUT2D eigenvalue weighted by Crippen LogP contribution is -2.28. The average molecular weight is 493 g/mol. The van der Waals surface area contributed by atoms with Gasteiger partial charge in [-0.2, -0.15) is 0 Å². The van der Waals surface area contributed by atoms with Gasteiger partial charge in [-0.25, -0.2) is 4.98 Å². The Balaban J connectivity index is 1.86. The van der Waals surface area contributed by atoms with E-state index in [0.717, 1.165) is 4.88 Å². The van der Waals surface area contributed by atoms with Gasteiger partial charge < -0.3 is 14.4 Å². The summed E-state index contributed by atoms with van der Waals surface area (Å²) in [5, 5.41) is 12.6. The maximum absolute atomic E-state index is 12.8. The van der Waals surface area contributed by atoms with E-state index in [2.05, 4.69) is 9.97 Å². The van der Waals surface area contributed by atoms with E-state index in [-0.39, 0.29) is 23.6 Å². The number of amides is 1. The van der Waals surface area contributed by atoms with E-state index < -0.39 is 17.7 Å². The van der Waals surface area contributed by atoms with Crippen LogP contribution in [-0.4, -0.2) is 31.7 Å². The fourth-order valence-corrected chi connectivity index (χ4v) is 4.08. The molecule has 9 heteroatoms. The highest BCUT2D eigenvalue weighted by Crippen LogP contribution is 2.40. The van der Waals surface area contributed by atoms with Crippen molar-refractivity contribution in [1.82, 2.24) is 14.9 Å². The minimum absolute atomic E-state index is 0.0530. The van der Waals surface area contributed by atoms with Crippen LogP contribution in [0.3, 0.4) is 0 Å². The highest BCUT2D eigenvalue weighted by atomic mass is 127. The Kier molecular flexibility index (Phi) is 4.79. The predicted octanol–water partition coefficient (Wildman–Crippen LogP) is 3.36. The summed E-state index contributed by atoms with van der Waals surface area (Å²) in [6.45, 7) is 0.238. The lowest BCUT2D eigenvalue weighted by Gasteiger charge is -2.22. The van der Waals surface area contributed by atoms with Gasteiger partial charge in [0.05, 0.1) is 18.3 Å². The number of nitrogens with zero attached hydrogens (tertiary/aromatic N) is 3. The fraction of sp³-hybridized carbons (Fsp3) is 0.111. The molecule has 1 unspecified atom stereocenters. The molecule has 4 heterocycles. The molecule has 0 bridgehead atoms. The molecule has 1 fully saturated rings. The van der Waals surface area contributed by atoms with Crippen molar-refractivity contribution in [2.24, 2.45) is 0 Å². The van der Waals surface area contributed by atoms with Gasteiger partial charge in [0, 0.05) is 17.3 Å². The molecule has 1 saturated heterocycles. The van der Waals surface area contributed by atoms with Crippen LogP contribution in [0.5, 0.6) is 0 Å². The number of thiophene rings is 1. The topological polar surface area (TPSA) is 96.5 Å². The number of carbonyl (C=O) groups excluding carboxylic acids is 2. The normalized spacial score (nSPS) is 19.0. The number of halogens is 1. The number of hydrogen-bond acceptors (Lipinski definition) is 7. The van der Waals surface area contributed by atoms with Gasteiger partial charge in [-0.15, -0.1) is 11.3 Å². The molecule has 4 rings (SSSR count). The standard InChI is InChI=1S/C18H12IN3O4S/c19-13-4-3-12(26-13)15-14(16(23)11-8-20-5-6-21-11)17(24)18(25)22(15)9-10-2-1-7-27-10/h1-8,15,23H,9H2/b16-14+. The van der Waals surface area contributed by atoms with Gasteiger partial charge in [0.25, 0.3) is 11.7 Å². The summed E-state index contributed by atoms with van der Waals surface area (Å²) in [7, 11) is 0. The van der Waals surface area contributed by atoms with Crippen molar-refractivity contribution in [1.29, 1.82) is 0 Å². The molecular formula is C18H12IN3O4S. The summed E-state index contributed by atoms with van der Waals surface area (Å²) in [5.74, 6) is -1.43. The van der Waals surface area contributed by atoms with E-state index in [1.807, 2.05) is 40.1 Å². The van der Waals surface area contributed by atoms with Crippen molar-refractivity contribution in [2.45, 2.75) is 12.6 Å². The van der Waals surface area contributed by atoms with Crippen LogP contribution in [0.25, 0.3) is 5.76 Å². The zero-order valence-corrected chi connectivity index (χ0v) is 16.7. The summed E-state index contributed by atoms with van der Waals surface area (Å²) in [5.41, 5.74) is 0.0701. The van der Waals surface area contributed by atoms with Crippen LogP contribution in [0.4, 0.5) is 0 Å². The fourth-order valence-electron chi connectivity index (χ4n) is 2.94. The van der Waals surface area contributed by atoms with Crippen LogP contribution in [0.1, 0.15) is 22.4 Å². The molecular weight excluding hydrogens is 481 g/mol. The monoisotopic (exact) mass is 493 g/mol. The number of aromatic nitrogens is 2. The molecule has 3 aromatic rings. The second-order valence-corrected chi connectivity index (χ2v) is 7.83. The molecule has 0 radical (unpaired) electrons. The third kappa shape index (κ3) is 3.28. The SMILES string of the molecule is O=C1C(=O)N(Cc2cccs2)C(c2ccc(I)o2)/C1=C(\O)c1cnccn1. The van der Waals surface area contributed by atoms with Crippen molar-refractivity contribution in [3.8, 4) is 0 Å². The number of rotatable bonds is 4. The Morgan fingerprint density at radius 1 is 1.30 bits per heavy atom. The van der Waals surface area contributed by atoms with Crippen molar-refractivity contribution in [3.05, 3.63) is 73.9 Å². The average Bonchev–Trinajstić information content (AvgIpc) is 3.39. The first-order valence-corrected chi connectivity index (χ1v) is 9.84. The van der Waals surface area contributed by atoms with Gasteiger partial charge in [0.15, 0.2) is 9.53 Å². The van der Waals surface area contributed by atoms with E-state index in [9.17, 15) is 14.7 Å². The lowest BCUT2D eigenvalue weighted by molar-refractivity contribution is -0.140. The van der Waals surface area contributed by atoms with Crippen molar-refractivity contribution in [2.75, 3.05) is 0 Å². The molecule has 1 aliphatic rings. The van der Waals surface area contributed by atoms with E-state index in [4.69, 9.17) is 4.42 Å². The third-order valence-corrected chi connectivity index (χ3v) is 5.56.